The molecule has 8 nitrogen and oxygen atoms in total. The number of benzene rings is 2. The van der Waals surface area contributed by atoms with Gasteiger partial charge in [0, 0.05) is 0 Å². The number of carboxylic acid groups (broad SMARTS) is 2. The number of ether oxygens (including phenoxy) is 2. The minimum atomic E-state index is -0.969. The first-order valence-corrected chi connectivity index (χ1v) is 16.3. The number of fused-ring (bicyclic) bond motifs is 2. The van der Waals surface area contributed by atoms with E-state index >= 15 is 0 Å². The molecule has 0 atom stereocenters. The number of carboxylic acids is 2. The van der Waals surface area contributed by atoms with E-state index in [2.05, 4.69) is 12.1 Å². The van der Waals surface area contributed by atoms with E-state index in [9.17, 15) is 19.2 Å². The van der Waals surface area contributed by atoms with Gasteiger partial charge in [-0.2, -0.15) is 0 Å². The van der Waals surface area contributed by atoms with Crippen molar-refractivity contribution in [1.29, 1.82) is 0 Å². The number of carbonyl (C=O) groups is 4. The third-order valence-electron chi connectivity index (χ3n) is 6.66. The first-order chi connectivity index (χ1) is 19.2. The summed E-state index contributed by atoms with van der Waals surface area (Å²) in [6.45, 7) is 0. The molecular formula is C30H30O8Se2. The number of Topliss-reactive ketones (excluding diaryl/α,β-unsaturated/α-hetero) is 2. The van der Waals surface area contributed by atoms with Crippen molar-refractivity contribution in [3.05, 3.63) is 56.4 Å². The quantitative estimate of drug-likeness (QED) is 0.105. The van der Waals surface area contributed by atoms with Crippen LogP contribution in [-0.2, 0) is 22.4 Å². The Bertz CT molecular complexity index is 1460. The standard InChI is InChI=1S/C30H30O8Se2/c1-37-23-15-25-19(13-27(39-25)21(31)7-9-29(33)34)11-17(23)5-3-4-6-18-12-20-14-28(22(32)8-10-30(35)36)40-26(20)16-24(18)38-2/h11-16H,3-10H2,1-2H3,(H,33,34)(H,35,36). The van der Waals surface area contributed by atoms with Gasteiger partial charge >= 0.3 is 244 Å². The van der Waals surface area contributed by atoms with Gasteiger partial charge in [-0.1, -0.05) is 0 Å². The fourth-order valence-electron chi connectivity index (χ4n) is 4.59. The summed E-state index contributed by atoms with van der Waals surface area (Å²) in [4.78, 5) is 46.5. The maximum absolute atomic E-state index is 12.4. The second-order valence-electron chi connectivity index (χ2n) is 9.47. The Balaban J connectivity index is 1.42. The molecule has 0 aliphatic carbocycles. The van der Waals surface area contributed by atoms with Crippen LogP contribution in [0.4, 0.5) is 0 Å². The first-order valence-electron chi connectivity index (χ1n) is 12.9. The predicted molar refractivity (Wildman–Crippen MR) is 154 cm³/mol. The Morgan fingerprint density at radius 3 is 1.38 bits per heavy atom. The van der Waals surface area contributed by atoms with E-state index in [1.807, 2.05) is 24.3 Å². The summed E-state index contributed by atoms with van der Waals surface area (Å²) in [7, 11) is 3.29. The molecule has 0 radical (unpaired) electrons. The molecule has 4 rings (SSSR count). The molecule has 210 valence electrons. The van der Waals surface area contributed by atoms with E-state index in [1.54, 1.807) is 14.2 Å². The second-order valence-corrected chi connectivity index (χ2v) is 14.0. The first kappa shape index (κ1) is 29.8. The molecule has 0 saturated heterocycles. The zero-order valence-electron chi connectivity index (χ0n) is 22.3. The normalized spacial score (nSPS) is 11.2. The molecule has 40 heavy (non-hydrogen) atoms. The number of hydrogen-bond acceptors (Lipinski definition) is 6. The van der Waals surface area contributed by atoms with Crippen LogP contribution >= 0.6 is 0 Å². The van der Waals surface area contributed by atoms with Crippen LogP contribution in [0.5, 0.6) is 11.5 Å². The summed E-state index contributed by atoms with van der Waals surface area (Å²) < 4.78 is 14.8. The van der Waals surface area contributed by atoms with Crippen molar-refractivity contribution >= 4 is 71.8 Å². The van der Waals surface area contributed by atoms with Gasteiger partial charge in [-0.25, -0.2) is 0 Å². The molecule has 2 heterocycles. The molecule has 2 N–H and O–H groups in total. The average molecular weight is 676 g/mol. The summed E-state index contributed by atoms with van der Waals surface area (Å²) in [6.07, 6.45) is 3.15. The predicted octanol–water partition coefficient (Wildman–Crippen LogP) is 4.78. The van der Waals surface area contributed by atoms with Crippen LogP contribution in [0, 0.1) is 0 Å². The van der Waals surface area contributed by atoms with Crippen LogP contribution in [0.1, 0.15) is 68.1 Å². The van der Waals surface area contributed by atoms with Crippen LogP contribution in [0.25, 0.3) is 19.3 Å². The molecular weight excluding hydrogens is 646 g/mol. The number of aryl methyl sites for hydroxylation is 2. The summed E-state index contributed by atoms with van der Waals surface area (Å²) in [5.74, 6) is -0.538. The van der Waals surface area contributed by atoms with Crippen LogP contribution in [0.15, 0.2) is 36.4 Å². The van der Waals surface area contributed by atoms with Crippen LogP contribution in [0.3, 0.4) is 0 Å². The van der Waals surface area contributed by atoms with Crippen molar-refractivity contribution in [3.63, 3.8) is 0 Å². The molecule has 0 aliphatic heterocycles. The van der Waals surface area contributed by atoms with E-state index < -0.39 is 11.9 Å². The van der Waals surface area contributed by atoms with Gasteiger partial charge in [0.05, 0.1) is 0 Å². The number of rotatable bonds is 15. The second kappa shape index (κ2) is 13.5. The Hall–Kier alpha value is -3.16. The van der Waals surface area contributed by atoms with Gasteiger partial charge < -0.3 is 0 Å². The Kier molecular flexibility index (Phi) is 10.0. The average Bonchev–Trinajstić information content (AvgIpc) is 3.55. The Morgan fingerprint density at radius 1 is 0.625 bits per heavy atom. The van der Waals surface area contributed by atoms with Crippen LogP contribution < -0.4 is 9.47 Å². The molecule has 0 bridgehead atoms. The van der Waals surface area contributed by atoms with Crippen molar-refractivity contribution in [2.45, 2.75) is 51.4 Å². The van der Waals surface area contributed by atoms with Crippen molar-refractivity contribution in [3.8, 4) is 11.5 Å². The molecule has 0 amide bonds. The van der Waals surface area contributed by atoms with Gasteiger partial charge in [0.2, 0.25) is 0 Å². The number of ketones is 2. The summed E-state index contributed by atoms with van der Waals surface area (Å²) >= 11 is -0.311. The van der Waals surface area contributed by atoms with Crippen molar-refractivity contribution in [2.75, 3.05) is 14.2 Å². The molecule has 2 aromatic heterocycles. The van der Waals surface area contributed by atoms with E-state index in [0.29, 0.717) is 8.87 Å². The number of carbonyl (C=O) groups excluding carboxylic acids is 2. The zero-order chi connectivity index (χ0) is 28.8. The molecule has 0 saturated carbocycles. The third-order valence-corrected chi connectivity index (χ3v) is 11.4. The molecule has 0 aliphatic rings. The Labute approximate surface area is 243 Å². The summed E-state index contributed by atoms with van der Waals surface area (Å²) in [6, 6.07) is 12.0. The Morgan fingerprint density at radius 2 is 1.02 bits per heavy atom. The SMILES string of the molecule is COc1cc2[se]c(C(=O)CCC(=O)O)cc2cc1CCCCc1cc2cc(C(=O)CCC(=O)O)[se]c2cc1OC. The topological polar surface area (TPSA) is 127 Å². The maximum atomic E-state index is 12.4. The number of hydrogen-bond donors (Lipinski definition) is 2. The van der Waals surface area contributed by atoms with Gasteiger partial charge in [0.1, 0.15) is 0 Å². The van der Waals surface area contributed by atoms with Crippen molar-refractivity contribution < 1.29 is 38.9 Å². The summed E-state index contributed by atoms with van der Waals surface area (Å²) in [5, 5.41) is 19.8. The molecule has 0 spiro atoms. The van der Waals surface area contributed by atoms with Gasteiger partial charge in [0.15, 0.2) is 0 Å². The fraction of sp³-hybridized carbons (Fsp3) is 0.333. The van der Waals surface area contributed by atoms with Gasteiger partial charge in [0.25, 0.3) is 0 Å². The van der Waals surface area contributed by atoms with Gasteiger partial charge in [-0.3, -0.25) is 0 Å². The molecule has 0 unspecified atom stereocenters. The monoisotopic (exact) mass is 678 g/mol. The molecule has 2 aromatic carbocycles. The van der Waals surface area contributed by atoms with E-state index in [4.69, 9.17) is 19.7 Å². The number of unbranched alkanes of at least 4 members (excludes halogenated alkanes) is 1. The van der Waals surface area contributed by atoms with Gasteiger partial charge in [-0.05, 0) is 0 Å². The van der Waals surface area contributed by atoms with Crippen LogP contribution in [0.2, 0.25) is 0 Å². The fourth-order valence-corrected chi connectivity index (χ4v) is 8.96. The van der Waals surface area contributed by atoms with E-state index in [0.717, 1.165) is 67.6 Å². The van der Waals surface area contributed by atoms with E-state index in [1.165, 1.54) is 0 Å². The van der Waals surface area contributed by atoms with Crippen LogP contribution in [-0.4, -0.2) is 76.9 Å². The summed E-state index contributed by atoms with van der Waals surface area (Å²) in [5.41, 5.74) is 2.15. The number of methoxy groups -OCH3 is 2. The minimum absolute atomic E-state index is 0.0200. The van der Waals surface area contributed by atoms with Crippen molar-refractivity contribution in [2.24, 2.45) is 0 Å². The molecule has 0 fully saturated rings. The zero-order valence-corrected chi connectivity index (χ0v) is 25.7. The number of aliphatic carboxylic acids is 2. The third kappa shape index (κ3) is 7.32. The molecule has 10 heteroatoms. The van der Waals surface area contributed by atoms with Gasteiger partial charge in [-0.15, -0.1) is 0 Å². The van der Waals surface area contributed by atoms with Crippen molar-refractivity contribution in [1.82, 2.24) is 0 Å². The van der Waals surface area contributed by atoms with E-state index in [-0.39, 0.29) is 66.3 Å². The molecule has 4 aromatic rings.